The van der Waals surface area contributed by atoms with Gasteiger partial charge in [0.1, 0.15) is 0 Å². The number of hydrogen-bond donors (Lipinski definition) is 3. The molecule has 1 aromatic rings. The first-order chi connectivity index (χ1) is 4.75. The normalized spacial score (nSPS) is 10.8. The molecule has 1 rings (SSSR count). The van der Waals surface area contributed by atoms with E-state index in [1.54, 1.807) is 5.16 Å². The van der Waals surface area contributed by atoms with E-state index in [0.29, 0.717) is 0 Å². The highest BCUT2D eigenvalue weighted by Gasteiger charge is 2.16. The highest BCUT2D eigenvalue weighted by molar-refractivity contribution is 6.67. The molecule has 6 nitrogen and oxygen atoms in total. The average Bonchev–Trinajstić information content (AvgIpc) is 2.34. The molecule has 0 radical (unpaired) electrons. The van der Waals surface area contributed by atoms with Crippen LogP contribution in [-0.4, -0.2) is 20.7 Å². The number of nitrogens with two attached hydrogens (primary N) is 1. The molecule has 0 aliphatic rings. The van der Waals surface area contributed by atoms with Crippen LogP contribution in [0.15, 0.2) is 4.63 Å². The Morgan fingerprint density at radius 1 is 1.64 bits per heavy atom. The van der Waals surface area contributed by atoms with Crippen LogP contribution in [0.4, 0.5) is 5.82 Å². The molecule has 0 aromatic carbocycles. The van der Waals surface area contributed by atoms with Crippen molar-refractivity contribution in [2.24, 2.45) is 0 Å². The fourth-order valence-corrected chi connectivity index (χ4v) is 0.532. The van der Waals surface area contributed by atoms with Crippen LogP contribution in [0.5, 0.6) is 0 Å². The summed E-state index contributed by atoms with van der Waals surface area (Å²) in [5, 5.41) is 16.3. The van der Waals surface area contributed by atoms with Crippen molar-refractivity contribution < 1.29 is 27.4 Å². The maximum atomic E-state index is 8.25. The van der Waals surface area contributed by atoms with Gasteiger partial charge in [-0.2, -0.15) is 0 Å². The van der Waals surface area contributed by atoms with E-state index in [-0.39, 0.29) is 29.1 Å². The molecule has 1 aromatic heterocycles. The number of rotatable bonds is 1. The topological polar surface area (TPSA) is 99.1 Å². The number of nitrogens with one attached hydrogen (secondary N) is 1. The van der Waals surface area contributed by atoms with Crippen LogP contribution in [0.1, 0.15) is 5.69 Å². The lowest BCUT2D eigenvalue weighted by Crippen LogP contribution is -3.00. The monoisotopic (exact) mass is 198 g/mol. The third-order valence-corrected chi connectivity index (χ3v) is 1.08. The minimum atomic E-state index is -0.126. The van der Waals surface area contributed by atoms with E-state index in [1.807, 2.05) is 0 Å². The third kappa shape index (κ3) is 1.95. The number of anilines is 1. The van der Waals surface area contributed by atoms with Gasteiger partial charge in [-0.1, -0.05) is 0 Å². The summed E-state index contributed by atoms with van der Waals surface area (Å²) >= 11 is 5.35. The molecule has 11 heavy (non-hydrogen) atoms. The first-order valence-corrected chi connectivity index (χ1v) is 2.64. The molecule has 0 saturated carbocycles. The molecule has 1 heterocycles. The zero-order valence-electron chi connectivity index (χ0n) is 5.08. The van der Waals surface area contributed by atoms with Crippen LogP contribution < -0.4 is 23.3 Å². The van der Waals surface area contributed by atoms with Crippen molar-refractivity contribution in [2.75, 3.05) is 5.73 Å². The van der Waals surface area contributed by atoms with Gasteiger partial charge in [-0.15, -0.1) is 0 Å². The number of nitrogens with zero attached hydrogens (tertiary/aromatic N) is 2. The maximum Gasteiger partial charge on any atom is 0.349 e. The van der Waals surface area contributed by atoms with Crippen molar-refractivity contribution in [1.82, 2.24) is 10.3 Å². The largest absolute Gasteiger partial charge is 1.00 e. The fourth-order valence-electron chi connectivity index (χ4n) is 0.401. The Hall–Kier alpha value is -1.01. The van der Waals surface area contributed by atoms with E-state index >= 15 is 0 Å². The van der Waals surface area contributed by atoms with Crippen molar-refractivity contribution in [1.29, 1.82) is 0 Å². The van der Waals surface area contributed by atoms with Crippen LogP contribution in [-0.2, 0) is 0 Å². The first-order valence-electron chi connectivity index (χ1n) is 2.26. The summed E-state index contributed by atoms with van der Waals surface area (Å²) in [5.41, 5.74) is 5.28. The molecule has 0 amide bonds. The van der Waals surface area contributed by atoms with Crippen molar-refractivity contribution in [3.8, 4) is 0 Å². The molecular formula is C3H4Cl2N4O2. The summed E-state index contributed by atoms with van der Waals surface area (Å²) in [5.74, 6) is 0.0200. The summed E-state index contributed by atoms with van der Waals surface area (Å²) in [4.78, 5) is 0. The van der Waals surface area contributed by atoms with E-state index in [2.05, 4.69) is 14.9 Å². The Labute approximate surface area is 72.4 Å². The van der Waals surface area contributed by atoms with Crippen molar-refractivity contribution in [2.45, 2.75) is 0 Å². The summed E-state index contributed by atoms with van der Waals surface area (Å²) in [6.45, 7) is 0. The Bertz CT molecular complexity index is 260. The van der Waals surface area contributed by atoms with E-state index in [0.717, 1.165) is 0 Å². The van der Waals surface area contributed by atoms with Crippen molar-refractivity contribution in [3.63, 3.8) is 0 Å². The second-order valence-electron chi connectivity index (χ2n) is 1.42. The minimum absolute atomic E-state index is 0. The Morgan fingerprint density at radius 2 is 2.27 bits per heavy atom. The molecule has 0 atom stereocenters. The number of halogens is 2. The molecule has 0 unspecified atom stereocenters. The Balaban J connectivity index is 0.000001000. The van der Waals surface area contributed by atoms with Gasteiger partial charge in [0.15, 0.2) is 0 Å². The summed E-state index contributed by atoms with van der Waals surface area (Å²) < 4.78 is 4.19. The van der Waals surface area contributed by atoms with Gasteiger partial charge in [0.2, 0.25) is 11.5 Å². The van der Waals surface area contributed by atoms with E-state index in [4.69, 9.17) is 22.5 Å². The lowest BCUT2D eigenvalue weighted by molar-refractivity contribution is -0.735. The standard InChI is InChI=1S/C3H3ClN4O2.ClH/c4-2(6-9)1-3(5)8-10-7-1;/h9H,(H2,5,8);1H/b6-2+;. The van der Waals surface area contributed by atoms with E-state index < -0.39 is 0 Å². The first kappa shape index (κ1) is 9.99. The van der Waals surface area contributed by atoms with Gasteiger partial charge in [-0.25, -0.2) is 4.63 Å². The van der Waals surface area contributed by atoms with Crippen LogP contribution in [0, 0.1) is 0 Å². The molecule has 8 heteroatoms. The zero-order chi connectivity index (χ0) is 7.56. The highest BCUT2D eigenvalue weighted by Crippen LogP contribution is 2.04. The van der Waals surface area contributed by atoms with Crippen molar-refractivity contribution in [3.05, 3.63) is 5.69 Å². The highest BCUT2D eigenvalue weighted by atomic mass is 35.5. The third-order valence-electron chi connectivity index (χ3n) is 0.820. The van der Waals surface area contributed by atoms with Gasteiger partial charge in [0.05, 0.1) is 0 Å². The van der Waals surface area contributed by atoms with Crippen LogP contribution in [0.3, 0.4) is 0 Å². The SMILES string of the molecule is Nc1nonc1/C(Cl)=[NH+]\O.[Cl-]. The molecule has 0 saturated heterocycles. The lowest BCUT2D eigenvalue weighted by Gasteiger charge is -1.78. The molecule has 0 fully saturated rings. The number of aromatic nitrogens is 2. The van der Waals surface area contributed by atoms with E-state index in [9.17, 15) is 0 Å². The van der Waals surface area contributed by atoms with Gasteiger partial charge in [0, 0.05) is 0 Å². The average molecular weight is 199 g/mol. The summed E-state index contributed by atoms with van der Waals surface area (Å²) in [7, 11) is 0. The molecule has 0 bridgehead atoms. The van der Waals surface area contributed by atoms with Gasteiger partial charge >= 0.3 is 5.17 Å². The smallest absolute Gasteiger partial charge is 0.349 e. The molecule has 0 aliphatic carbocycles. The van der Waals surface area contributed by atoms with Crippen LogP contribution in [0.25, 0.3) is 0 Å². The second-order valence-corrected chi connectivity index (χ2v) is 1.80. The molecule has 0 aliphatic heterocycles. The van der Waals surface area contributed by atoms with Gasteiger partial charge in [-0.3, -0.25) is 5.21 Å². The predicted molar refractivity (Wildman–Crippen MR) is 31.4 cm³/mol. The lowest BCUT2D eigenvalue weighted by atomic mass is 10.5. The predicted octanol–water partition coefficient (Wildman–Crippen LogP) is -4.89. The quantitative estimate of drug-likeness (QED) is 0.239. The van der Waals surface area contributed by atoms with Crippen molar-refractivity contribution >= 4 is 22.6 Å². The molecule has 0 spiro atoms. The Morgan fingerprint density at radius 3 is 2.64 bits per heavy atom. The summed E-state index contributed by atoms with van der Waals surface area (Å²) in [6, 6.07) is 0. The maximum absolute atomic E-state index is 8.25. The summed E-state index contributed by atoms with van der Waals surface area (Å²) in [6.07, 6.45) is 0. The van der Waals surface area contributed by atoms with Gasteiger partial charge in [0.25, 0.3) is 0 Å². The fraction of sp³-hybridized carbons (Fsp3) is 0. The second kappa shape index (κ2) is 3.99. The number of hydrogen-bond acceptors (Lipinski definition) is 5. The number of nitrogen functional groups attached to an aromatic ring is 1. The molecule has 62 valence electrons. The minimum Gasteiger partial charge on any atom is -1.00 e. The van der Waals surface area contributed by atoms with E-state index in [1.165, 1.54) is 0 Å². The molecular weight excluding hydrogens is 195 g/mol. The Kier molecular flexibility index (Phi) is 3.63. The zero-order valence-corrected chi connectivity index (χ0v) is 6.60. The van der Waals surface area contributed by atoms with Crippen LogP contribution >= 0.6 is 11.6 Å². The van der Waals surface area contributed by atoms with Crippen LogP contribution in [0.2, 0.25) is 0 Å². The molecule has 4 N–H and O–H groups in total. The van der Waals surface area contributed by atoms with Gasteiger partial charge < -0.3 is 18.1 Å². The van der Waals surface area contributed by atoms with Gasteiger partial charge in [-0.05, 0) is 27.1 Å².